The highest BCUT2D eigenvalue weighted by Gasteiger charge is 2.44. The Morgan fingerprint density at radius 1 is 1.25 bits per heavy atom. The summed E-state index contributed by atoms with van der Waals surface area (Å²) in [6, 6.07) is 7.56. The van der Waals surface area contributed by atoms with Crippen LogP contribution in [0.15, 0.2) is 24.3 Å². The monoisotopic (exact) mass is 489 g/mol. The molecule has 32 heavy (non-hydrogen) atoms. The number of carbonyl (C=O) groups excluding carboxylic acids is 1. The maximum Gasteiger partial charge on any atom is 0.410 e. The Labute approximate surface area is 197 Å². The van der Waals surface area contributed by atoms with Gasteiger partial charge in [0, 0.05) is 24.0 Å². The fourth-order valence-corrected chi connectivity index (χ4v) is 4.80. The quantitative estimate of drug-likeness (QED) is 0.359. The lowest BCUT2D eigenvalue weighted by Crippen LogP contribution is -2.50. The van der Waals surface area contributed by atoms with E-state index in [0.717, 1.165) is 31.1 Å². The second kappa shape index (κ2) is 11.2. The summed E-state index contributed by atoms with van der Waals surface area (Å²) in [5, 5.41) is 0.596. The number of likely N-dealkylation sites (tertiary alicyclic amines) is 1. The van der Waals surface area contributed by atoms with Gasteiger partial charge >= 0.3 is 6.09 Å². The van der Waals surface area contributed by atoms with Crippen molar-refractivity contribution in [2.45, 2.75) is 64.6 Å². The number of rotatable bonds is 9. The standard InChI is InChI=1S/C23H36ClNO6S/c1-6-12-23(18-9-7-11-20(24)16-18,29-14-15-30-32(5,27)28)19-10-8-13-25(17-19)21(26)31-22(2,3)4/h7,9,11,16,19H,6,8,10,12-15,17H2,1-5H3/t19?,23-/m0/s1. The molecule has 0 aromatic heterocycles. The second-order valence-electron chi connectivity index (χ2n) is 9.29. The van der Waals surface area contributed by atoms with Gasteiger partial charge in [-0.05, 0) is 57.7 Å². The molecule has 0 N–H and O–H groups in total. The van der Waals surface area contributed by atoms with Crippen molar-refractivity contribution in [2.75, 3.05) is 32.6 Å². The van der Waals surface area contributed by atoms with E-state index in [0.29, 0.717) is 24.5 Å². The van der Waals surface area contributed by atoms with E-state index >= 15 is 0 Å². The van der Waals surface area contributed by atoms with Crippen molar-refractivity contribution in [3.05, 3.63) is 34.9 Å². The molecule has 1 aliphatic rings. The molecule has 9 heteroatoms. The average molecular weight is 490 g/mol. The number of benzene rings is 1. The molecule has 182 valence electrons. The molecule has 1 aliphatic heterocycles. The number of hydrogen-bond acceptors (Lipinski definition) is 6. The zero-order valence-electron chi connectivity index (χ0n) is 19.7. The molecule has 1 aromatic carbocycles. The molecule has 0 saturated carbocycles. The van der Waals surface area contributed by atoms with Crippen LogP contribution in [0.2, 0.25) is 5.02 Å². The first kappa shape index (κ1) is 26.9. The topological polar surface area (TPSA) is 82.1 Å². The van der Waals surface area contributed by atoms with Crippen LogP contribution in [0.3, 0.4) is 0 Å². The van der Waals surface area contributed by atoms with E-state index in [1.165, 1.54) is 0 Å². The van der Waals surface area contributed by atoms with Gasteiger partial charge in [-0.1, -0.05) is 37.1 Å². The summed E-state index contributed by atoms with van der Waals surface area (Å²) in [5.74, 6) is -0.0135. The minimum Gasteiger partial charge on any atom is -0.444 e. The molecular weight excluding hydrogens is 454 g/mol. The largest absolute Gasteiger partial charge is 0.444 e. The molecule has 0 radical (unpaired) electrons. The highest BCUT2D eigenvalue weighted by molar-refractivity contribution is 7.85. The van der Waals surface area contributed by atoms with E-state index in [9.17, 15) is 13.2 Å². The Morgan fingerprint density at radius 2 is 1.97 bits per heavy atom. The van der Waals surface area contributed by atoms with Gasteiger partial charge in [0.05, 0.1) is 25.1 Å². The summed E-state index contributed by atoms with van der Waals surface area (Å²) in [6.45, 7) is 8.76. The second-order valence-corrected chi connectivity index (χ2v) is 11.4. The van der Waals surface area contributed by atoms with Crippen molar-refractivity contribution in [1.82, 2.24) is 4.90 Å². The van der Waals surface area contributed by atoms with Gasteiger partial charge < -0.3 is 14.4 Å². The predicted octanol–water partition coefficient (Wildman–Crippen LogP) is 4.98. The first-order valence-electron chi connectivity index (χ1n) is 11.1. The van der Waals surface area contributed by atoms with Crippen LogP contribution in [0.5, 0.6) is 0 Å². The molecule has 0 aliphatic carbocycles. The molecule has 1 aromatic rings. The highest BCUT2D eigenvalue weighted by atomic mass is 35.5. The Bertz CT molecular complexity index is 869. The molecule has 1 unspecified atom stereocenters. The van der Waals surface area contributed by atoms with Gasteiger partial charge in [-0.3, -0.25) is 4.18 Å². The van der Waals surface area contributed by atoms with Crippen LogP contribution >= 0.6 is 11.6 Å². The third kappa shape index (κ3) is 7.90. The van der Waals surface area contributed by atoms with Crippen molar-refractivity contribution < 1.29 is 26.9 Å². The smallest absolute Gasteiger partial charge is 0.410 e. The third-order valence-corrected chi connectivity index (χ3v) is 6.24. The minimum absolute atomic E-state index is 0.0135. The SMILES string of the molecule is CCC[C@](OCCOS(C)(=O)=O)(c1cccc(Cl)c1)C1CCCN(C(=O)OC(C)(C)C)C1. The Balaban J connectivity index is 2.34. The molecule has 1 fully saturated rings. The lowest BCUT2D eigenvalue weighted by atomic mass is 9.74. The van der Waals surface area contributed by atoms with Crippen LogP contribution in [0.4, 0.5) is 4.79 Å². The molecule has 2 atom stereocenters. The maximum atomic E-state index is 12.8. The van der Waals surface area contributed by atoms with E-state index in [2.05, 4.69) is 6.92 Å². The first-order chi connectivity index (χ1) is 14.9. The number of piperidine rings is 1. The normalized spacial score (nSPS) is 19.4. The average Bonchev–Trinajstić information content (AvgIpc) is 2.68. The van der Waals surface area contributed by atoms with Gasteiger partial charge in [0.15, 0.2) is 0 Å². The minimum atomic E-state index is -3.56. The van der Waals surface area contributed by atoms with E-state index < -0.39 is 21.3 Å². The van der Waals surface area contributed by atoms with Gasteiger partial charge in [-0.15, -0.1) is 0 Å². The number of carbonyl (C=O) groups is 1. The van der Waals surface area contributed by atoms with Crippen molar-refractivity contribution in [3.8, 4) is 0 Å². The number of nitrogens with zero attached hydrogens (tertiary/aromatic N) is 1. The molecule has 0 bridgehead atoms. The molecule has 1 amide bonds. The molecule has 1 saturated heterocycles. The Hall–Kier alpha value is -1.35. The van der Waals surface area contributed by atoms with Crippen molar-refractivity contribution in [3.63, 3.8) is 0 Å². The van der Waals surface area contributed by atoms with Gasteiger partial charge in [0.25, 0.3) is 10.1 Å². The first-order valence-corrected chi connectivity index (χ1v) is 13.3. The molecular formula is C23H36ClNO6S. The number of hydrogen-bond donors (Lipinski definition) is 0. The van der Waals surface area contributed by atoms with Crippen LogP contribution in [0.25, 0.3) is 0 Å². The molecule has 1 heterocycles. The van der Waals surface area contributed by atoms with E-state index in [1.807, 2.05) is 45.0 Å². The Morgan fingerprint density at radius 3 is 2.56 bits per heavy atom. The fraction of sp³-hybridized carbons (Fsp3) is 0.696. The summed E-state index contributed by atoms with van der Waals surface area (Å²) < 4.78 is 39.7. The summed E-state index contributed by atoms with van der Waals surface area (Å²) >= 11 is 6.32. The molecule has 0 spiro atoms. The van der Waals surface area contributed by atoms with E-state index in [1.54, 1.807) is 4.90 Å². The number of halogens is 1. The summed E-state index contributed by atoms with van der Waals surface area (Å²) in [7, 11) is -3.56. The maximum absolute atomic E-state index is 12.8. The number of ether oxygens (including phenoxy) is 2. The van der Waals surface area contributed by atoms with Gasteiger partial charge in [0.1, 0.15) is 5.60 Å². The zero-order valence-corrected chi connectivity index (χ0v) is 21.3. The molecule has 2 rings (SSSR count). The summed E-state index contributed by atoms with van der Waals surface area (Å²) in [6.07, 6.45) is 3.89. The van der Waals surface area contributed by atoms with Crippen molar-refractivity contribution in [2.24, 2.45) is 5.92 Å². The fourth-order valence-electron chi connectivity index (χ4n) is 4.24. The third-order valence-electron chi connectivity index (χ3n) is 5.41. The van der Waals surface area contributed by atoms with Crippen LogP contribution in [-0.4, -0.2) is 57.6 Å². The predicted molar refractivity (Wildman–Crippen MR) is 125 cm³/mol. The van der Waals surface area contributed by atoms with E-state index in [4.69, 9.17) is 25.3 Å². The number of amides is 1. The van der Waals surface area contributed by atoms with Gasteiger partial charge in [-0.2, -0.15) is 8.42 Å². The zero-order chi connectivity index (χ0) is 24.0. The molecule has 7 nitrogen and oxygen atoms in total. The van der Waals surface area contributed by atoms with Crippen LogP contribution in [-0.2, 0) is 29.4 Å². The van der Waals surface area contributed by atoms with E-state index in [-0.39, 0.29) is 25.2 Å². The van der Waals surface area contributed by atoms with Crippen LogP contribution < -0.4 is 0 Å². The van der Waals surface area contributed by atoms with Gasteiger partial charge in [0.2, 0.25) is 0 Å². The van der Waals surface area contributed by atoms with Crippen molar-refractivity contribution in [1.29, 1.82) is 0 Å². The summed E-state index contributed by atoms with van der Waals surface area (Å²) in [4.78, 5) is 14.5. The van der Waals surface area contributed by atoms with Crippen LogP contribution in [0.1, 0.15) is 58.9 Å². The Kier molecular flexibility index (Phi) is 9.40. The highest BCUT2D eigenvalue weighted by Crippen LogP contribution is 2.43. The lowest BCUT2D eigenvalue weighted by molar-refractivity contribution is -0.121. The van der Waals surface area contributed by atoms with Crippen molar-refractivity contribution >= 4 is 27.8 Å². The summed E-state index contributed by atoms with van der Waals surface area (Å²) in [5.41, 5.74) is -0.389. The van der Waals surface area contributed by atoms with Gasteiger partial charge in [-0.25, -0.2) is 4.79 Å². The lowest BCUT2D eigenvalue weighted by Gasteiger charge is -2.46. The van der Waals surface area contributed by atoms with Crippen LogP contribution in [0, 0.1) is 5.92 Å².